The highest BCUT2D eigenvalue weighted by Crippen LogP contribution is 2.34. The van der Waals surface area contributed by atoms with Crippen molar-refractivity contribution in [2.75, 3.05) is 20.3 Å². The smallest absolute Gasteiger partial charge is 0.338 e. The number of phenols is 1. The van der Waals surface area contributed by atoms with Crippen LogP contribution in [0.4, 0.5) is 0 Å². The molecule has 0 atom stereocenters. The number of ether oxygens (including phenoxy) is 3. The number of hydrogen-bond acceptors (Lipinski definition) is 7. The zero-order chi connectivity index (χ0) is 21.2. The van der Waals surface area contributed by atoms with Gasteiger partial charge in [-0.05, 0) is 64.3 Å². The lowest BCUT2D eigenvalue weighted by molar-refractivity contribution is -0.123. The van der Waals surface area contributed by atoms with Crippen molar-refractivity contribution in [3.8, 4) is 17.2 Å². The number of benzene rings is 2. The first kappa shape index (κ1) is 22.2. The molecule has 0 saturated heterocycles. The molecule has 0 heterocycles. The van der Waals surface area contributed by atoms with Gasteiger partial charge in [-0.15, -0.1) is 0 Å². The molecule has 0 saturated carbocycles. The number of aromatic hydroxyl groups is 1. The van der Waals surface area contributed by atoms with Gasteiger partial charge in [0.25, 0.3) is 5.91 Å². The van der Waals surface area contributed by atoms with E-state index in [2.05, 4.69) is 26.5 Å². The van der Waals surface area contributed by atoms with E-state index in [1.54, 1.807) is 36.4 Å². The molecule has 1 amide bonds. The maximum atomic E-state index is 11.8. The Morgan fingerprint density at radius 2 is 1.97 bits per heavy atom. The summed E-state index contributed by atoms with van der Waals surface area (Å²) in [5.74, 6) is -0.173. The van der Waals surface area contributed by atoms with E-state index in [1.165, 1.54) is 13.3 Å². The van der Waals surface area contributed by atoms with Crippen molar-refractivity contribution in [3.63, 3.8) is 0 Å². The molecule has 2 aromatic rings. The molecule has 8 nitrogen and oxygen atoms in total. The van der Waals surface area contributed by atoms with Crippen LogP contribution in [0, 0.1) is 0 Å². The van der Waals surface area contributed by atoms with E-state index in [4.69, 9.17) is 14.2 Å². The molecule has 0 bridgehead atoms. The summed E-state index contributed by atoms with van der Waals surface area (Å²) in [6.45, 7) is 2.03. The molecule has 0 radical (unpaired) electrons. The average Bonchev–Trinajstić information content (AvgIpc) is 2.73. The minimum Gasteiger partial charge on any atom is -0.503 e. The molecule has 9 heteroatoms. The number of hydrazone groups is 1. The highest BCUT2D eigenvalue weighted by Gasteiger charge is 2.09. The topological polar surface area (TPSA) is 106 Å². The zero-order valence-corrected chi connectivity index (χ0v) is 17.6. The summed E-state index contributed by atoms with van der Waals surface area (Å²) in [5, 5.41) is 13.6. The van der Waals surface area contributed by atoms with Gasteiger partial charge < -0.3 is 19.3 Å². The lowest BCUT2D eigenvalue weighted by atomic mass is 10.2. The number of phenolic OH excluding ortho intramolecular Hbond substituents is 1. The average molecular weight is 465 g/mol. The molecule has 0 spiro atoms. The molecule has 0 aromatic heterocycles. The van der Waals surface area contributed by atoms with Crippen molar-refractivity contribution in [2.24, 2.45) is 5.10 Å². The molecule has 2 aromatic carbocycles. The van der Waals surface area contributed by atoms with Crippen molar-refractivity contribution < 1.29 is 28.9 Å². The Kier molecular flexibility index (Phi) is 8.47. The van der Waals surface area contributed by atoms with E-state index in [0.717, 1.165) is 6.42 Å². The normalized spacial score (nSPS) is 10.6. The number of esters is 1. The van der Waals surface area contributed by atoms with Gasteiger partial charge in [0.15, 0.2) is 18.1 Å². The lowest BCUT2D eigenvalue weighted by Crippen LogP contribution is -2.24. The predicted octanol–water partition coefficient (Wildman–Crippen LogP) is 3.26. The van der Waals surface area contributed by atoms with Gasteiger partial charge in [-0.1, -0.05) is 6.92 Å². The Morgan fingerprint density at radius 1 is 1.24 bits per heavy atom. The second-order valence-corrected chi connectivity index (χ2v) is 6.65. The Balaban J connectivity index is 1.83. The fourth-order valence-corrected chi connectivity index (χ4v) is 2.61. The lowest BCUT2D eigenvalue weighted by Gasteiger charge is -2.07. The molecule has 154 valence electrons. The summed E-state index contributed by atoms with van der Waals surface area (Å²) >= 11 is 3.21. The Bertz CT molecular complexity index is 883. The molecule has 0 aliphatic rings. The van der Waals surface area contributed by atoms with E-state index < -0.39 is 11.9 Å². The van der Waals surface area contributed by atoms with Crippen LogP contribution in [0.5, 0.6) is 17.2 Å². The van der Waals surface area contributed by atoms with E-state index in [0.29, 0.717) is 28.0 Å². The summed E-state index contributed by atoms with van der Waals surface area (Å²) < 4.78 is 15.9. The van der Waals surface area contributed by atoms with Gasteiger partial charge in [-0.2, -0.15) is 5.10 Å². The van der Waals surface area contributed by atoms with Crippen LogP contribution < -0.4 is 14.9 Å². The van der Waals surface area contributed by atoms with Gasteiger partial charge in [0.1, 0.15) is 5.75 Å². The minimum absolute atomic E-state index is 0.0215. The second-order valence-electron chi connectivity index (χ2n) is 5.80. The van der Waals surface area contributed by atoms with Crippen molar-refractivity contribution >= 4 is 34.0 Å². The number of methoxy groups -OCH3 is 1. The quantitative estimate of drug-likeness (QED) is 0.335. The van der Waals surface area contributed by atoms with Gasteiger partial charge >= 0.3 is 5.97 Å². The number of amides is 1. The number of nitrogens with one attached hydrogen (secondary N) is 1. The van der Waals surface area contributed by atoms with Crippen molar-refractivity contribution in [1.29, 1.82) is 0 Å². The molecule has 2 N–H and O–H groups in total. The molecular formula is C20H21BrN2O6. The highest BCUT2D eigenvalue weighted by atomic mass is 79.9. The van der Waals surface area contributed by atoms with E-state index in [9.17, 15) is 14.7 Å². The highest BCUT2D eigenvalue weighted by molar-refractivity contribution is 9.10. The van der Waals surface area contributed by atoms with Gasteiger partial charge in [0.2, 0.25) is 0 Å². The van der Waals surface area contributed by atoms with Crippen LogP contribution in [0.2, 0.25) is 0 Å². The van der Waals surface area contributed by atoms with Crippen LogP contribution in [0.1, 0.15) is 29.3 Å². The maximum absolute atomic E-state index is 11.8. The van der Waals surface area contributed by atoms with Crippen LogP contribution in [0.3, 0.4) is 0 Å². The monoisotopic (exact) mass is 464 g/mol. The van der Waals surface area contributed by atoms with Gasteiger partial charge in [0, 0.05) is 0 Å². The number of hydrogen-bond donors (Lipinski definition) is 2. The SMILES string of the molecule is CCCOC(=O)c1ccc(OCC(=O)N/N=C/c2cc(Br)c(O)c(OC)c2)cc1. The number of carbonyl (C=O) groups excluding carboxylic acids is 2. The largest absolute Gasteiger partial charge is 0.503 e. The van der Waals surface area contributed by atoms with Gasteiger partial charge in [-0.25, -0.2) is 10.2 Å². The fraction of sp³-hybridized carbons (Fsp3) is 0.250. The molecule has 2 rings (SSSR count). The number of rotatable bonds is 9. The van der Waals surface area contributed by atoms with Crippen LogP contribution in [-0.4, -0.2) is 43.5 Å². The van der Waals surface area contributed by atoms with Crippen LogP contribution >= 0.6 is 15.9 Å². The summed E-state index contributed by atoms with van der Waals surface area (Å²) in [5.41, 5.74) is 3.36. The third kappa shape index (κ3) is 6.79. The van der Waals surface area contributed by atoms with Crippen molar-refractivity contribution in [1.82, 2.24) is 5.43 Å². The predicted molar refractivity (Wildman–Crippen MR) is 111 cm³/mol. The minimum atomic E-state index is -0.461. The maximum Gasteiger partial charge on any atom is 0.338 e. The summed E-state index contributed by atoms with van der Waals surface area (Å²) in [6.07, 6.45) is 2.16. The van der Waals surface area contributed by atoms with E-state index in [1.807, 2.05) is 6.92 Å². The summed E-state index contributed by atoms with van der Waals surface area (Å²) in [7, 11) is 1.43. The third-order valence-corrected chi connectivity index (χ3v) is 4.18. The summed E-state index contributed by atoms with van der Waals surface area (Å²) in [6, 6.07) is 9.49. The van der Waals surface area contributed by atoms with Crippen molar-refractivity contribution in [3.05, 3.63) is 52.0 Å². The molecule has 0 unspecified atom stereocenters. The first-order chi connectivity index (χ1) is 13.9. The third-order valence-electron chi connectivity index (χ3n) is 3.57. The first-order valence-corrected chi connectivity index (χ1v) is 9.52. The number of carbonyl (C=O) groups is 2. The Hall–Kier alpha value is -3.07. The van der Waals surface area contributed by atoms with E-state index >= 15 is 0 Å². The first-order valence-electron chi connectivity index (χ1n) is 8.73. The molecular weight excluding hydrogens is 444 g/mol. The van der Waals surface area contributed by atoms with E-state index in [-0.39, 0.29) is 18.1 Å². The number of halogens is 1. The van der Waals surface area contributed by atoms with Gasteiger partial charge in [0.05, 0.1) is 30.0 Å². The van der Waals surface area contributed by atoms with Crippen molar-refractivity contribution in [2.45, 2.75) is 13.3 Å². The summed E-state index contributed by atoms with van der Waals surface area (Å²) in [4.78, 5) is 23.6. The van der Waals surface area contributed by atoms with Crippen LogP contribution in [-0.2, 0) is 9.53 Å². The van der Waals surface area contributed by atoms with Crippen LogP contribution in [0.25, 0.3) is 0 Å². The molecule has 0 aliphatic heterocycles. The number of nitrogens with zero attached hydrogens (tertiary/aromatic N) is 1. The second kappa shape index (κ2) is 11.1. The Morgan fingerprint density at radius 3 is 2.62 bits per heavy atom. The standard InChI is InChI=1S/C20H21BrN2O6/c1-3-8-28-20(26)14-4-6-15(7-5-14)29-12-18(24)23-22-11-13-9-16(21)19(25)17(10-13)27-2/h4-7,9-11,25H,3,8,12H2,1-2H3,(H,23,24)/b22-11+. The molecule has 0 aliphatic carbocycles. The van der Waals surface area contributed by atoms with Crippen LogP contribution in [0.15, 0.2) is 46.0 Å². The zero-order valence-electron chi connectivity index (χ0n) is 16.0. The van der Waals surface area contributed by atoms with Gasteiger partial charge in [-0.3, -0.25) is 4.79 Å². The molecule has 0 fully saturated rings. The molecule has 29 heavy (non-hydrogen) atoms. The fourth-order valence-electron chi connectivity index (χ4n) is 2.15. The Labute approximate surface area is 176 Å².